The first-order valence-corrected chi connectivity index (χ1v) is 6.98. The van der Waals surface area contributed by atoms with Gasteiger partial charge < -0.3 is 4.90 Å². The molecule has 2 aromatic rings. The number of alkyl halides is 3. The summed E-state index contributed by atoms with van der Waals surface area (Å²) in [5.41, 5.74) is -2.46. The number of nitrogens with zero attached hydrogens (tertiary/aromatic N) is 3. The molecular formula is C14H11F5N4O. The fraction of sp³-hybridized carbons (Fsp3) is 0.357. The molecule has 1 aromatic heterocycles. The predicted octanol–water partition coefficient (Wildman–Crippen LogP) is 2.73. The van der Waals surface area contributed by atoms with Crippen molar-refractivity contribution < 1.29 is 26.7 Å². The van der Waals surface area contributed by atoms with Gasteiger partial charge >= 0.3 is 6.18 Å². The standard InChI is InChI=1S/C14H11F5N4O/c15-9-3-8(14(17,18)19)4-10(16)11(9)13(24)23-2-1-7(5-23)12-20-6-21-22-12/h3-4,6-7H,1-2,5H2,(H,20,21,22). The zero-order valence-electron chi connectivity index (χ0n) is 12.1. The monoisotopic (exact) mass is 346 g/mol. The number of aromatic amines is 1. The van der Waals surface area contributed by atoms with Gasteiger partial charge in [0.25, 0.3) is 5.91 Å². The van der Waals surface area contributed by atoms with Crippen molar-refractivity contribution in [2.24, 2.45) is 0 Å². The Balaban J connectivity index is 1.83. The van der Waals surface area contributed by atoms with Gasteiger partial charge in [0.05, 0.1) is 5.56 Å². The molecule has 1 saturated heterocycles. The molecule has 0 radical (unpaired) electrons. The van der Waals surface area contributed by atoms with E-state index in [-0.39, 0.29) is 31.1 Å². The third-order valence-corrected chi connectivity index (χ3v) is 3.88. The Morgan fingerprint density at radius 1 is 1.25 bits per heavy atom. The normalized spacial score (nSPS) is 18.2. The first-order chi connectivity index (χ1) is 11.3. The highest BCUT2D eigenvalue weighted by Gasteiger charge is 2.36. The highest BCUT2D eigenvalue weighted by atomic mass is 19.4. The molecule has 128 valence electrons. The van der Waals surface area contributed by atoms with Crippen molar-refractivity contribution in [1.29, 1.82) is 0 Å². The summed E-state index contributed by atoms with van der Waals surface area (Å²) in [6.45, 7) is 0.359. The second-order valence-electron chi connectivity index (χ2n) is 5.42. The average Bonchev–Trinajstić information content (AvgIpc) is 3.16. The number of H-pyrrole nitrogens is 1. The van der Waals surface area contributed by atoms with Gasteiger partial charge in [-0.3, -0.25) is 9.89 Å². The highest BCUT2D eigenvalue weighted by Crippen LogP contribution is 2.32. The van der Waals surface area contributed by atoms with Crippen LogP contribution in [0, 0.1) is 11.6 Å². The maximum absolute atomic E-state index is 13.9. The number of carbonyl (C=O) groups excluding carboxylic acids is 1. The smallest absolute Gasteiger partial charge is 0.338 e. The van der Waals surface area contributed by atoms with E-state index in [0.717, 1.165) is 0 Å². The van der Waals surface area contributed by atoms with Crippen LogP contribution in [0.5, 0.6) is 0 Å². The largest absolute Gasteiger partial charge is 0.416 e. The van der Waals surface area contributed by atoms with Crippen molar-refractivity contribution in [2.75, 3.05) is 13.1 Å². The Hall–Kier alpha value is -2.52. The fourth-order valence-electron chi connectivity index (χ4n) is 2.68. The first-order valence-electron chi connectivity index (χ1n) is 6.98. The van der Waals surface area contributed by atoms with Crippen LogP contribution in [-0.2, 0) is 6.18 Å². The molecule has 0 aliphatic carbocycles. The number of benzene rings is 1. The third kappa shape index (κ3) is 2.95. The molecule has 0 saturated carbocycles. The predicted molar refractivity (Wildman–Crippen MR) is 71.0 cm³/mol. The molecule has 1 aromatic carbocycles. The van der Waals surface area contributed by atoms with Gasteiger partial charge in [-0.25, -0.2) is 13.8 Å². The molecule has 0 bridgehead atoms. The van der Waals surface area contributed by atoms with E-state index >= 15 is 0 Å². The van der Waals surface area contributed by atoms with Crippen molar-refractivity contribution in [1.82, 2.24) is 20.1 Å². The Bertz CT molecular complexity index is 736. The number of hydrogen-bond acceptors (Lipinski definition) is 3. The van der Waals surface area contributed by atoms with Crippen LogP contribution in [0.15, 0.2) is 18.5 Å². The fourth-order valence-corrected chi connectivity index (χ4v) is 2.68. The van der Waals surface area contributed by atoms with E-state index in [4.69, 9.17) is 0 Å². The van der Waals surface area contributed by atoms with Crippen LogP contribution < -0.4 is 0 Å². The molecule has 24 heavy (non-hydrogen) atoms. The highest BCUT2D eigenvalue weighted by molar-refractivity contribution is 5.95. The van der Waals surface area contributed by atoms with Crippen LogP contribution in [0.3, 0.4) is 0 Å². The lowest BCUT2D eigenvalue weighted by Crippen LogP contribution is -2.30. The van der Waals surface area contributed by atoms with E-state index in [2.05, 4.69) is 15.2 Å². The van der Waals surface area contributed by atoms with Gasteiger partial charge in [-0.1, -0.05) is 0 Å². The lowest BCUT2D eigenvalue weighted by Gasteiger charge is -2.18. The van der Waals surface area contributed by atoms with Gasteiger partial charge in [0.1, 0.15) is 29.3 Å². The summed E-state index contributed by atoms with van der Waals surface area (Å²) >= 11 is 0. The summed E-state index contributed by atoms with van der Waals surface area (Å²) in [5, 5.41) is 6.34. The van der Waals surface area contributed by atoms with E-state index in [9.17, 15) is 26.7 Å². The molecular weight excluding hydrogens is 335 g/mol. The van der Waals surface area contributed by atoms with Gasteiger partial charge in [0.15, 0.2) is 0 Å². The van der Waals surface area contributed by atoms with Crippen LogP contribution in [0.4, 0.5) is 22.0 Å². The molecule has 5 nitrogen and oxygen atoms in total. The van der Waals surface area contributed by atoms with Crippen molar-refractivity contribution in [3.8, 4) is 0 Å². The lowest BCUT2D eigenvalue weighted by atomic mass is 10.1. The molecule has 1 aliphatic rings. The number of likely N-dealkylation sites (tertiary alicyclic amines) is 1. The van der Waals surface area contributed by atoms with Crippen molar-refractivity contribution >= 4 is 5.91 Å². The lowest BCUT2D eigenvalue weighted by molar-refractivity contribution is -0.138. The quantitative estimate of drug-likeness (QED) is 0.851. The minimum absolute atomic E-state index is 0.125. The molecule has 1 N–H and O–H groups in total. The van der Waals surface area contributed by atoms with Crippen LogP contribution in [-0.4, -0.2) is 39.1 Å². The van der Waals surface area contributed by atoms with Gasteiger partial charge in [-0.2, -0.15) is 18.3 Å². The Morgan fingerprint density at radius 3 is 2.46 bits per heavy atom. The summed E-state index contributed by atoms with van der Waals surface area (Å²) in [5.74, 6) is -3.68. The van der Waals surface area contributed by atoms with Gasteiger partial charge in [0.2, 0.25) is 0 Å². The first kappa shape index (κ1) is 16.3. The maximum atomic E-state index is 13.9. The van der Waals surface area contributed by atoms with Crippen LogP contribution in [0.1, 0.15) is 34.1 Å². The second-order valence-corrected chi connectivity index (χ2v) is 5.42. The van der Waals surface area contributed by atoms with E-state index < -0.39 is 34.8 Å². The number of hydrogen-bond donors (Lipinski definition) is 1. The van der Waals surface area contributed by atoms with Gasteiger partial charge in [-0.15, -0.1) is 0 Å². The maximum Gasteiger partial charge on any atom is 0.416 e. The van der Waals surface area contributed by atoms with Crippen LogP contribution in [0.25, 0.3) is 0 Å². The molecule has 0 spiro atoms. The molecule has 2 heterocycles. The molecule has 10 heteroatoms. The summed E-state index contributed by atoms with van der Waals surface area (Å²) < 4.78 is 65.4. The van der Waals surface area contributed by atoms with Crippen molar-refractivity contribution in [3.05, 3.63) is 47.0 Å². The second kappa shape index (κ2) is 5.84. The topological polar surface area (TPSA) is 61.9 Å². The molecule has 1 atom stereocenters. The third-order valence-electron chi connectivity index (χ3n) is 3.88. The number of aromatic nitrogens is 3. The summed E-state index contributed by atoms with van der Waals surface area (Å²) in [4.78, 5) is 17.4. The van der Waals surface area contributed by atoms with E-state index in [1.807, 2.05) is 0 Å². The zero-order valence-corrected chi connectivity index (χ0v) is 12.1. The van der Waals surface area contributed by atoms with Crippen LogP contribution >= 0.6 is 0 Å². The number of halogens is 5. The number of rotatable bonds is 2. The van der Waals surface area contributed by atoms with Gasteiger partial charge in [0, 0.05) is 19.0 Å². The average molecular weight is 346 g/mol. The van der Waals surface area contributed by atoms with E-state index in [1.165, 1.54) is 11.2 Å². The Labute approximate surface area is 132 Å². The Morgan fingerprint density at radius 2 is 1.92 bits per heavy atom. The number of amides is 1. The minimum atomic E-state index is -4.89. The van der Waals surface area contributed by atoms with Gasteiger partial charge in [-0.05, 0) is 18.6 Å². The van der Waals surface area contributed by atoms with Crippen molar-refractivity contribution in [3.63, 3.8) is 0 Å². The molecule has 1 amide bonds. The SMILES string of the molecule is O=C(c1c(F)cc(C(F)(F)F)cc1F)N1CCC(c2ncn[nH]2)C1. The molecule has 1 fully saturated rings. The Kier molecular flexibility index (Phi) is 3.98. The number of carbonyl (C=O) groups is 1. The molecule has 3 rings (SSSR count). The minimum Gasteiger partial charge on any atom is -0.338 e. The number of nitrogens with one attached hydrogen (secondary N) is 1. The van der Waals surface area contributed by atoms with Crippen LogP contribution in [0.2, 0.25) is 0 Å². The van der Waals surface area contributed by atoms with Crippen molar-refractivity contribution in [2.45, 2.75) is 18.5 Å². The summed E-state index contributed by atoms with van der Waals surface area (Å²) in [6, 6.07) is 0.251. The molecule has 1 unspecified atom stereocenters. The molecule has 1 aliphatic heterocycles. The van der Waals surface area contributed by atoms with E-state index in [1.54, 1.807) is 0 Å². The van der Waals surface area contributed by atoms with E-state index in [0.29, 0.717) is 12.2 Å². The zero-order chi connectivity index (χ0) is 17.5. The summed E-state index contributed by atoms with van der Waals surface area (Å²) in [6.07, 6.45) is -3.09. The summed E-state index contributed by atoms with van der Waals surface area (Å²) in [7, 11) is 0.